The van der Waals surface area contributed by atoms with Crippen molar-refractivity contribution in [3.05, 3.63) is 77.5 Å². The van der Waals surface area contributed by atoms with Crippen molar-refractivity contribution in [2.75, 3.05) is 50.1 Å². The number of aliphatic imine (C=N–C) groups is 1. The van der Waals surface area contributed by atoms with Crippen molar-refractivity contribution in [1.82, 2.24) is 15.6 Å². The zero-order valence-corrected chi connectivity index (χ0v) is 31.5. The zero-order valence-electron chi connectivity index (χ0n) is 31.5. The maximum Gasteiger partial charge on any atom is 0.407 e. The van der Waals surface area contributed by atoms with E-state index >= 15 is 0 Å². The van der Waals surface area contributed by atoms with Gasteiger partial charge in [0.25, 0.3) is 0 Å². The van der Waals surface area contributed by atoms with Crippen LogP contribution in [-0.4, -0.2) is 80.1 Å². The monoisotopic (exact) mass is 710 g/mol. The summed E-state index contributed by atoms with van der Waals surface area (Å²) in [4.78, 5) is 51.0. The minimum atomic E-state index is -0.796. The van der Waals surface area contributed by atoms with E-state index < -0.39 is 17.7 Å². The number of alkyl carbamates (subject to hydrolysis) is 1. The summed E-state index contributed by atoms with van der Waals surface area (Å²) in [5.74, 6) is 0.588. The molecule has 1 aliphatic carbocycles. The molecule has 2 aromatic carbocycles. The van der Waals surface area contributed by atoms with E-state index in [0.29, 0.717) is 44.7 Å². The molecule has 1 saturated heterocycles. The second kappa shape index (κ2) is 17.6. The number of rotatable bonds is 11. The second-order valence-corrected chi connectivity index (χ2v) is 14.9. The SMILES string of the molecule is CN=C(C)c1ccc(NC(=O)[C@H](Cc2cccc(-c3cnc(N4CCOCC4)cc3C)c2)NC(=O)C2CCC(CNC(=O)OC(C)(C)C)CC2)cc1. The number of pyridine rings is 1. The Bertz CT molecular complexity index is 1720. The molecule has 1 saturated carbocycles. The van der Waals surface area contributed by atoms with E-state index in [1.54, 1.807) is 7.05 Å². The number of hydrogen-bond acceptors (Lipinski definition) is 8. The highest BCUT2D eigenvalue weighted by Crippen LogP contribution is 2.30. The van der Waals surface area contributed by atoms with Gasteiger partial charge in [0.2, 0.25) is 11.8 Å². The first-order valence-corrected chi connectivity index (χ1v) is 18.4. The maximum absolute atomic E-state index is 13.9. The molecule has 0 radical (unpaired) electrons. The minimum Gasteiger partial charge on any atom is -0.444 e. The number of amides is 3. The third kappa shape index (κ3) is 10.9. The third-order valence-corrected chi connectivity index (χ3v) is 9.80. The van der Waals surface area contributed by atoms with Crippen LogP contribution < -0.4 is 20.9 Å². The van der Waals surface area contributed by atoms with Crippen LogP contribution in [0.5, 0.6) is 0 Å². The molecule has 1 aromatic heterocycles. The summed E-state index contributed by atoms with van der Waals surface area (Å²) in [5, 5.41) is 9.01. The van der Waals surface area contributed by atoms with Gasteiger partial charge in [0.1, 0.15) is 17.5 Å². The van der Waals surface area contributed by atoms with E-state index in [0.717, 1.165) is 65.3 Å². The smallest absolute Gasteiger partial charge is 0.407 e. The van der Waals surface area contributed by atoms with E-state index in [1.807, 2.05) is 70.3 Å². The van der Waals surface area contributed by atoms with Crippen molar-refractivity contribution < 1.29 is 23.9 Å². The number of aryl methyl sites for hydroxylation is 1. The van der Waals surface area contributed by atoms with Crippen LogP contribution in [-0.2, 0) is 25.5 Å². The topological polar surface area (TPSA) is 134 Å². The summed E-state index contributed by atoms with van der Waals surface area (Å²) < 4.78 is 10.9. The molecule has 11 nitrogen and oxygen atoms in total. The van der Waals surface area contributed by atoms with Gasteiger partial charge in [-0.3, -0.25) is 14.6 Å². The van der Waals surface area contributed by atoms with E-state index in [1.165, 1.54) is 0 Å². The van der Waals surface area contributed by atoms with Crippen LogP contribution in [0.25, 0.3) is 11.1 Å². The molecular formula is C41H54N6O5. The number of nitrogens with one attached hydrogen (secondary N) is 3. The predicted octanol–water partition coefficient (Wildman–Crippen LogP) is 6.33. The molecule has 278 valence electrons. The van der Waals surface area contributed by atoms with E-state index in [4.69, 9.17) is 14.5 Å². The second-order valence-electron chi connectivity index (χ2n) is 14.9. The first-order valence-electron chi connectivity index (χ1n) is 18.4. The third-order valence-electron chi connectivity index (χ3n) is 9.80. The number of carbonyl (C=O) groups is 3. The normalized spacial score (nSPS) is 18.7. The molecule has 0 bridgehead atoms. The molecule has 3 aromatic rings. The van der Waals surface area contributed by atoms with Crippen LogP contribution in [0.4, 0.5) is 16.3 Å². The Balaban J connectivity index is 1.28. The highest BCUT2D eigenvalue weighted by Gasteiger charge is 2.30. The molecule has 0 unspecified atom stereocenters. The number of anilines is 2. The van der Waals surface area contributed by atoms with Crippen molar-refractivity contribution in [2.45, 2.75) is 78.4 Å². The Morgan fingerprint density at radius 3 is 2.38 bits per heavy atom. The van der Waals surface area contributed by atoms with Gasteiger partial charge in [-0.05, 0) is 107 Å². The van der Waals surface area contributed by atoms with Crippen LogP contribution >= 0.6 is 0 Å². The van der Waals surface area contributed by atoms with Crippen molar-refractivity contribution >= 4 is 35.1 Å². The predicted molar refractivity (Wildman–Crippen MR) is 206 cm³/mol. The lowest BCUT2D eigenvalue weighted by atomic mass is 9.81. The van der Waals surface area contributed by atoms with Crippen LogP contribution in [0.15, 0.2) is 65.8 Å². The van der Waals surface area contributed by atoms with Crippen LogP contribution in [0.1, 0.15) is 70.1 Å². The molecule has 52 heavy (non-hydrogen) atoms. The van der Waals surface area contributed by atoms with Crippen molar-refractivity contribution in [1.29, 1.82) is 0 Å². The van der Waals surface area contributed by atoms with Crippen molar-refractivity contribution in [3.63, 3.8) is 0 Å². The summed E-state index contributed by atoms with van der Waals surface area (Å²) in [7, 11) is 1.75. The zero-order chi connectivity index (χ0) is 37.3. The van der Waals surface area contributed by atoms with Gasteiger partial charge in [-0.2, -0.15) is 0 Å². The van der Waals surface area contributed by atoms with Gasteiger partial charge in [0, 0.05) is 62.2 Å². The summed E-state index contributed by atoms with van der Waals surface area (Å²) in [6.45, 7) is 13.1. The van der Waals surface area contributed by atoms with Gasteiger partial charge in [-0.1, -0.05) is 36.4 Å². The number of carbonyl (C=O) groups excluding carboxylic acids is 3. The molecule has 5 rings (SSSR count). The first kappa shape index (κ1) is 38.5. The van der Waals surface area contributed by atoms with Crippen LogP contribution in [0.2, 0.25) is 0 Å². The van der Waals surface area contributed by atoms with E-state index in [9.17, 15) is 14.4 Å². The number of ether oxygens (including phenoxy) is 2. The Kier molecular flexibility index (Phi) is 13.0. The summed E-state index contributed by atoms with van der Waals surface area (Å²) in [6, 6.07) is 17.0. The largest absolute Gasteiger partial charge is 0.444 e. The van der Waals surface area contributed by atoms with Gasteiger partial charge in [-0.15, -0.1) is 0 Å². The molecule has 3 amide bonds. The Morgan fingerprint density at radius 1 is 1.02 bits per heavy atom. The molecule has 1 aliphatic heterocycles. The average molecular weight is 711 g/mol. The lowest BCUT2D eigenvalue weighted by Gasteiger charge is -2.29. The fraction of sp³-hybridized carbons (Fsp3) is 0.488. The quantitative estimate of drug-likeness (QED) is 0.198. The number of nitrogens with zero attached hydrogens (tertiary/aromatic N) is 3. The molecular weight excluding hydrogens is 656 g/mol. The Hall–Kier alpha value is -4.77. The van der Waals surface area contributed by atoms with Gasteiger partial charge in [0.05, 0.1) is 13.2 Å². The molecule has 3 N–H and O–H groups in total. The van der Waals surface area contributed by atoms with Crippen molar-refractivity contribution in [2.24, 2.45) is 16.8 Å². The van der Waals surface area contributed by atoms with Gasteiger partial charge < -0.3 is 30.3 Å². The van der Waals surface area contributed by atoms with Gasteiger partial charge >= 0.3 is 6.09 Å². The highest BCUT2D eigenvalue weighted by molar-refractivity contribution is 6.00. The van der Waals surface area contributed by atoms with E-state index in [-0.39, 0.29) is 23.7 Å². The molecule has 0 spiro atoms. The lowest BCUT2D eigenvalue weighted by Crippen LogP contribution is -2.48. The maximum atomic E-state index is 13.9. The highest BCUT2D eigenvalue weighted by atomic mass is 16.6. The number of benzene rings is 2. The first-order chi connectivity index (χ1) is 24.9. The van der Waals surface area contributed by atoms with Crippen LogP contribution in [0.3, 0.4) is 0 Å². The molecule has 2 aliphatic rings. The molecule has 11 heteroatoms. The molecule has 2 fully saturated rings. The number of hydrogen-bond donors (Lipinski definition) is 3. The fourth-order valence-corrected chi connectivity index (χ4v) is 6.73. The molecule has 2 heterocycles. The van der Waals surface area contributed by atoms with Crippen LogP contribution in [0, 0.1) is 18.8 Å². The lowest BCUT2D eigenvalue weighted by molar-refractivity contribution is -0.130. The minimum absolute atomic E-state index is 0.126. The Labute approximate surface area is 308 Å². The van der Waals surface area contributed by atoms with E-state index in [2.05, 4.69) is 51.0 Å². The average Bonchev–Trinajstić information content (AvgIpc) is 3.13. The summed E-state index contributed by atoms with van der Waals surface area (Å²) >= 11 is 0. The summed E-state index contributed by atoms with van der Waals surface area (Å²) in [6.07, 6.45) is 4.78. The Morgan fingerprint density at radius 2 is 1.73 bits per heavy atom. The number of morpholine rings is 1. The standard InChI is InChI=1S/C41H54N6O5/c1-27-22-37(47-18-20-51-21-19-47)43-26-35(27)33-9-7-8-30(23-33)24-36(39(49)45-34-16-14-31(15-17-34)28(2)42-6)46-38(48)32-12-10-29(11-13-32)25-44-40(50)52-41(3,4)5/h7-9,14-17,22-23,26,29,32,36H,10-13,18-21,24-25H2,1-6H3,(H,44,50)(H,45,49)(H,46,48)/t29?,32?,36-/m0/s1. The summed E-state index contributed by atoms with van der Waals surface area (Å²) in [5.41, 5.74) is 6.03. The van der Waals surface area contributed by atoms with Gasteiger partial charge in [-0.25, -0.2) is 9.78 Å². The molecule has 1 atom stereocenters. The van der Waals surface area contributed by atoms with Crippen molar-refractivity contribution in [3.8, 4) is 11.1 Å². The fourth-order valence-electron chi connectivity index (χ4n) is 6.73. The number of aromatic nitrogens is 1. The van der Waals surface area contributed by atoms with Gasteiger partial charge in [0.15, 0.2) is 0 Å².